The molecule has 0 spiro atoms. The maximum absolute atomic E-state index is 12.6. The number of para-hydroxylation sites is 1. The minimum atomic E-state index is -0.00655. The van der Waals surface area contributed by atoms with Gasteiger partial charge in [-0.05, 0) is 68.4 Å². The highest BCUT2D eigenvalue weighted by molar-refractivity contribution is 5.95. The van der Waals surface area contributed by atoms with Crippen LogP contribution in [0.1, 0.15) is 54.6 Å². The average molecular weight is 335 g/mol. The van der Waals surface area contributed by atoms with Crippen molar-refractivity contribution in [1.29, 1.82) is 0 Å². The third-order valence-electron chi connectivity index (χ3n) is 6.75. The Bertz CT molecular complexity index is 773. The lowest BCUT2D eigenvalue weighted by Crippen LogP contribution is -2.49. The van der Waals surface area contributed by atoms with E-state index < -0.39 is 0 Å². The first kappa shape index (κ1) is 15.2. The minimum Gasteiger partial charge on any atom is -0.355 e. The van der Waals surface area contributed by atoms with Crippen molar-refractivity contribution in [3.63, 3.8) is 0 Å². The van der Waals surface area contributed by atoms with E-state index in [9.17, 15) is 4.79 Å². The number of nitrogens with zero attached hydrogens (tertiary/aromatic N) is 2. The fourth-order valence-corrected chi connectivity index (χ4v) is 6.18. The van der Waals surface area contributed by atoms with Gasteiger partial charge >= 0.3 is 0 Å². The van der Waals surface area contributed by atoms with Crippen LogP contribution >= 0.6 is 0 Å². The number of nitrogens with one attached hydrogen (secondary N) is 1. The van der Waals surface area contributed by atoms with Gasteiger partial charge in [0, 0.05) is 18.7 Å². The molecule has 0 saturated heterocycles. The molecule has 1 aromatic heterocycles. The average Bonchev–Trinajstić information content (AvgIpc) is 3.07. The molecule has 0 atom stereocenters. The van der Waals surface area contributed by atoms with Gasteiger partial charge in [0.05, 0.1) is 16.9 Å². The molecule has 1 N–H and O–H groups in total. The number of rotatable bonds is 3. The SMILES string of the molecule is CNC(=O)c1cn(-c2ccccc2)nc1C12CC3CC(CC(C3)C1)C2. The highest BCUT2D eigenvalue weighted by atomic mass is 16.1. The Morgan fingerprint density at radius 3 is 2.24 bits per heavy atom. The number of amides is 1. The highest BCUT2D eigenvalue weighted by Crippen LogP contribution is 2.60. The first-order chi connectivity index (χ1) is 12.2. The van der Waals surface area contributed by atoms with Crippen LogP contribution in [0.3, 0.4) is 0 Å². The molecule has 4 bridgehead atoms. The van der Waals surface area contributed by atoms with Crippen molar-refractivity contribution in [3.05, 3.63) is 47.8 Å². The fraction of sp³-hybridized carbons (Fsp3) is 0.524. The van der Waals surface area contributed by atoms with Gasteiger partial charge in [0.25, 0.3) is 5.91 Å². The third-order valence-corrected chi connectivity index (χ3v) is 6.75. The molecule has 4 aliphatic carbocycles. The van der Waals surface area contributed by atoms with Crippen LogP contribution < -0.4 is 5.32 Å². The molecular weight excluding hydrogens is 310 g/mol. The summed E-state index contributed by atoms with van der Waals surface area (Å²) in [6.45, 7) is 0. The van der Waals surface area contributed by atoms with Crippen molar-refractivity contribution in [2.24, 2.45) is 17.8 Å². The predicted molar refractivity (Wildman–Crippen MR) is 96.8 cm³/mol. The van der Waals surface area contributed by atoms with Crippen LogP contribution in [0.25, 0.3) is 5.69 Å². The number of aromatic nitrogens is 2. The Morgan fingerprint density at radius 1 is 1.08 bits per heavy atom. The van der Waals surface area contributed by atoms with E-state index in [0.29, 0.717) is 0 Å². The molecule has 25 heavy (non-hydrogen) atoms. The van der Waals surface area contributed by atoms with Crippen molar-refractivity contribution < 1.29 is 4.79 Å². The van der Waals surface area contributed by atoms with E-state index in [1.165, 1.54) is 38.5 Å². The largest absolute Gasteiger partial charge is 0.355 e. The van der Waals surface area contributed by atoms with Crippen LogP contribution in [0.15, 0.2) is 36.5 Å². The molecule has 4 nitrogen and oxygen atoms in total. The normalized spacial score (nSPS) is 32.8. The molecule has 4 aliphatic rings. The Hall–Kier alpha value is -2.10. The topological polar surface area (TPSA) is 46.9 Å². The standard InChI is InChI=1S/C21H25N3O/c1-22-20(25)18-13-24(17-5-3-2-4-6-17)23-19(18)21-10-14-7-15(11-21)9-16(8-14)12-21/h2-6,13-16H,7-12H2,1H3,(H,22,25). The van der Waals surface area contributed by atoms with E-state index in [2.05, 4.69) is 5.32 Å². The van der Waals surface area contributed by atoms with Crippen LogP contribution in [0.5, 0.6) is 0 Å². The van der Waals surface area contributed by atoms with Crippen molar-refractivity contribution in [2.45, 2.75) is 43.9 Å². The second-order valence-corrected chi connectivity index (χ2v) is 8.45. The zero-order chi connectivity index (χ0) is 17.0. The lowest BCUT2D eigenvalue weighted by Gasteiger charge is -2.56. The van der Waals surface area contributed by atoms with Gasteiger partial charge in [-0.1, -0.05) is 18.2 Å². The van der Waals surface area contributed by atoms with Gasteiger partial charge in [-0.15, -0.1) is 0 Å². The summed E-state index contributed by atoms with van der Waals surface area (Å²) in [4.78, 5) is 12.6. The zero-order valence-corrected chi connectivity index (χ0v) is 14.7. The summed E-state index contributed by atoms with van der Waals surface area (Å²) in [5.41, 5.74) is 2.96. The summed E-state index contributed by atoms with van der Waals surface area (Å²) in [6.07, 6.45) is 9.77. The Morgan fingerprint density at radius 2 is 1.68 bits per heavy atom. The Kier molecular flexibility index (Phi) is 3.31. The minimum absolute atomic E-state index is 0.00655. The molecule has 0 unspecified atom stereocenters. The molecule has 1 heterocycles. The summed E-state index contributed by atoms with van der Waals surface area (Å²) >= 11 is 0. The van der Waals surface area contributed by atoms with Crippen LogP contribution in [0.4, 0.5) is 0 Å². The van der Waals surface area contributed by atoms with E-state index in [1.807, 2.05) is 41.2 Å². The van der Waals surface area contributed by atoms with Gasteiger partial charge in [-0.2, -0.15) is 5.10 Å². The van der Waals surface area contributed by atoms with E-state index in [1.54, 1.807) is 7.05 Å². The maximum atomic E-state index is 12.6. The summed E-state index contributed by atoms with van der Waals surface area (Å²) in [5, 5.41) is 7.82. The highest BCUT2D eigenvalue weighted by Gasteiger charge is 2.53. The van der Waals surface area contributed by atoms with Crippen molar-refractivity contribution in [2.75, 3.05) is 7.05 Å². The number of hydrogen-bond donors (Lipinski definition) is 1. The molecule has 0 aliphatic heterocycles. The number of carbonyl (C=O) groups is 1. The lowest BCUT2D eigenvalue weighted by atomic mass is 9.48. The van der Waals surface area contributed by atoms with Crippen molar-refractivity contribution in [3.8, 4) is 5.69 Å². The second kappa shape index (κ2) is 5.45. The summed E-state index contributed by atoms with van der Waals surface area (Å²) in [7, 11) is 1.71. The fourth-order valence-electron chi connectivity index (χ4n) is 6.18. The van der Waals surface area contributed by atoms with Crippen LogP contribution in [0, 0.1) is 17.8 Å². The smallest absolute Gasteiger partial charge is 0.254 e. The molecule has 4 heteroatoms. The van der Waals surface area contributed by atoms with Gasteiger partial charge in [0.15, 0.2) is 0 Å². The summed E-state index contributed by atoms with van der Waals surface area (Å²) in [5.74, 6) is 2.51. The monoisotopic (exact) mass is 335 g/mol. The van der Waals surface area contributed by atoms with Gasteiger partial charge < -0.3 is 5.32 Å². The molecule has 6 rings (SSSR count). The first-order valence-electron chi connectivity index (χ1n) is 9.54. The quantitative estimate of drug-likeness (QED) is 0.930. The first-order valence-corrected chi connectivity index (χ1v) is 9.54. The second-order valence-electron chi connectivity index (χ2n) is 8.45. The molecule has 1 amide bonds. The van der Waals surface area contributed by atoms with Crippen LogP contribution in [-0.2, 0) is 5.41 Å². The number of benzene rings is 1. The zero-order valence-electron chi connectivity index (χ0n) is 14.7. The molecule has 2 aromatic rings. The van der Waals surface area contributed by atoms with Crippen molar-refractivity contribution in [1.82, 2.24) is 15.1 Å². The summed E-state index contributed by atoms with van der Waals surface area (Å²) in [6, 6.07) is 10.1. The van der Waals surface area contributed by atoms with Gasteiger partial charge in [-0.25, -0.2) is 4.68 Å². The maximum Gasteiger partial charge on any atom is 0.254 e. The van der Waals surface area contributed by atoms with Gasteiger partial charge in [0.1, 0.15) is 0 Å². The number of carbonyl (C=O) groups excluding carboxylic acids is 1. The third kappa shape index (κ3) is 2.34. The van der Waals surface area contributed by atoms with E-state index in [4.69, 9.17) is 5.10 Å². The summed E-state index contributed by atoms with van der Waals surface area (Å²) < 4.78 is 1.90. The van der Waals surface area contributed by atoms with Crippen molar-refractivity contribution >= 4 is 5.91 Å². The molecule has 4 saturated carbocycles. The Labute approximate surface area is 148 Å². The molecule has 1 aromatic carbocycles. The number of hydrogen-bond acceptors (Lipinski definition) is 2. The lowest BCUT2D eigenvalue weighted by molar-refractivity contribution is -0.00769. The van der Waals surface area contributed by atoms with Gasteiger partial charge in [0.2, 0.25) is 0 Å². The van der Waals surface area contributed by atoms with E-state index in [-0.39, 0.29) is 11.3 Å². The van der Waals surface area contributed by atoms with Gasteiger partial charge in [-0.3, -0.25) is 4.79 Å². The predicted octanol–water partition coefficient (Wildman–Crippen LogP) is 3.70. The molecule has 4 fully saturated rings. The Balaban J connectivity index is 1.63. The molecule has 130 valence electrons. The van der Waals surface area contributed by atoms with E-state index in [0.717, 1.165) is 34.7 Å². The van der Waals surface area contributed by atoms with E-state index >= 15 is 0 Å². The molecular formula is C21H25N3O. The van der Waals surface area contributed by atoms with Crippen LogP contribution in [-0.4, -0.2) is 22.7 Å². The van der Waals surface area contributed by atoms with Crippen LogP contribution in [0.2, 0.25) is 0 Å². The molecule has 0 radical (unpaired) electrons.